The van der Waals surface area contributed by atoms with Gasteiger partial charge in [-0.15, -0.1) is 23.7 Å². The predicted octanol–water partition coefficient (Wildman–Crippen LogP) is 3.56. The van der Waals surface area contributed by atoms with Crippen LogP contribution in [-0.4, -0.2) is 5.91 Å². The second-order valence-electron chi connectivity index (χ2n) is 4.70. The molecule has 1 aromatic carbocycles. The molecule has 3 N–H and O–H groups in total. The van der Waals surface area contributed by atoms with E-state index >= 15 is 0 Å². The zero-order valence-corrected chi connectivity index (χ0v) is 13.7. The molecule has 0 aliphatic rings. The minimum absolute atomic E-state index is 0. The van der Waals surface area contributed by atoms with Crippen LogP contribution in [0, 0.1) is 0 Å². The Bertz CT molecular complexity index is 583. The summed E-state index contributed by atoms with van der Waals surface area (Å²) in [6.45, 7) is 2.76. The quantitative estimate of drug-likeness (QED) is 0.798. The molecular weight excluding hydrogens is 304 g/mol. The van der Waals surface area contributed by atoms with Gasteiger partial charge in [-0.1, -0.05) is 25.1 Å². The molecule has 0 spiro atoms. The Morgan fingerprint density at radius 2 is 1.90 bits per heavy atom. The van der Waals surface area contributed by atoms with Crippen molar-refractivity contribution in [3.05, 3.63) is 51.7 Å². The maximum atomic E-state index is 11.8. The lowest BCUT2D eigenvalue weighted by molar-refractivity contribution is -0.121. The molecule has 21 heavy (non-hydrogen) atoms. The van der Waals surface area contributed by atoms with Gasteiger partial charge in [-0.05, 0) is 36.6 Å². The molecule has 0 unspecified atom stereocenters. The molecule has 0 fully saturated rings. The first-order chi connectivity index (χ1) is 9.69. The summed E-state index contributed by atoms with van der Waals surface area (Å²) in [7, 11) is 0. The van der Waals surface area contributed by atoms with Crippen molar-refractivity contribution >= 4 is 35.3 Å². The number of halogens is 1. The second kappa shape index (κ2) is 8.70. The molecule has 0 radical (unpaired) electrons. The zero-order chi connectivity index (χ0) is 14.4. The van der Waals surface area contributed by atoms with Gasteiger partial charge in [-0.3, -0.25) is 4.79 Å². The van der Waals surface area contributed by atoms with Gasteiger partial charge < -0.3 is 11.1 Å². The predicted molar refractivity (Wildman–Crippen MR) is 92.0 cm³/mol. The van der Waals surface area contributed by atoms with Crippen molar-refractivity contribution in [3.63, 3.8) is 0 Å². The molecule has 5 heteroatoms. The second-order valence-corrected chi connectivity index (χ2v) is 5.95. The van der Waals surface area contributed by atoms with Crippen molar-refractivity contribution < 1.29 is 4.79 Å². The molecule has 2 rings (SSSR count). The summed E-state index contributed by atoms with van der Waals surface area (Å²) in [6.07, 6.45) is 2.20. The Balaban J connectivity index is 0.00000220. The zero-order valence-electron chi connectivity index (χ0n) is 12.1. The minimum Gasteiger partial charge on any atom is -0.399 e. The lowest BCUT2D eigenvalue weighted by Crippen LogP contribution is -2.22. The van der Waals surface area contributed by atoms with Crippen molar-refractivity contribution in [1.29, 1.82) is 0 Å². The number of benzene rings is 1. The van der Waals surface area contributed by atoms with E-state index in [9.17, 15) is 4.79 Å². The first kappa shape index (κ1) is 17.5. The monoisotopic (exact) mass is 324 g/mol. The summed E-state index contributed by atoms with van der Waals surface area (Å²) in [6, 6.07) is 11.9. The number of nitrogen functional groups attached to an aromatic ring is 1. The first-order valence-electron chi connectivity index (χ1n) is 6.86. The number of anilines is 1. The molecule has 0 saturated heterocycles. The van der Waals surface area contributed by atoms with Crippen molar-refractivity contribution in [2.45, 2.75) is 32.7 Å². The molecule has 3 nitrogen and oxygen atoms in total. The van der Waals surface area contributed by atoms with Crippen LogP contribution in [0.1, 0.15) is 28.7 Å². The highest BCUT2D eigenvalue weighted by Crippen LogP contribution is 2.17. The molecule has 0 aliphatic heterocycles. The summed E-state index contributed by atoms with van der Waals surface area (Å²) in [5.41, 5.74) is 7.65. The van der Waals surface area contributed by atoms with E-state index in [2.05, 4.69) is 24.4 Å². The Kier molecular flexibility index (Phi) is 7.26. The van der Waals surface area contributed by atoms with Gasteiger partial charge in [-0.25, -0.2) is 0 Å². The first-order valence-corrected chi connectivity index (χ1v) is 7.68. The molecular formula is C16H21ClN2OS. The summed E-state index contributed by atoms with van der Waals surface area (Å²) in [5, 5.41) is 2.96. The Labute approximate surface area is 136 Å². The highest BCUT2D eigenvalue weighted by Gasteiger charge is 2.05. The molecule has 0 bridgehead atoms. The highest BCUT2D eigenvalue weighted by atomic mass is 35.5. The van der Waals surface area contributed by atoms with Gasteiger partial charge in [0.1, 0.15) is 0 Å². The fourth-order valence-electron chi connectivity index (χ4n) is 1.99. The van der Waals surface area contributed by atoms with Crippen LogP contribution in [0.5, 0.6) is 0 Å². The number of para-hydroxylation sites is 1. The van der Waals surface area contributed by atoms with Gasteiger partial charge in [0, 0.05) is 21.9 Å². The van der Waals surface area contributed by atoms with Crippen LogP contribution in [0.25, 0.3) is 0 Å². The summed E-state index contributed by atoms with van der Waals surface area (Å²) in [5.74, 6) is 0.0692. The molecule has 1 aromatic heterocycles. The molecule has 0 saturated carbocycles. The lowest BCUT2D eigenvalue weighted by atomic mass is 10.1. The van der Waals surface area contributed by atoms with Crippen LogP contribution in [0.2, 0.25) is 0 Å². The van der Waals surface area contributed by atoms with E-state index in [1.807, 2.05) is 24.3 Å². The number of amides is 1. The topological polar surface area (TPSA) is 55.1 Å². The Morgan fingerprint density at radius 3 is 2.57 bits per heavy atom. The third-order valence-electron chi connectivity index (χ3n) is 3.20. The largest absolute Gasteiger partial charge is 0.399 e. The average molecular weight is 325 g/mol. The molecule has 114 valence electrons. The number of aryl methyl sites for hydroxylation is 2. The average Bonchev–Trinajstić information content (AvgIpc) is 2.92. The van der Waals surface area contributed by atoms with Crippen molar-refractivity contribution in [2.75, 3.05) is 5.73 Å². The van der Waals surface area contributed by atoms with Crippen LogP contribution in [0.3, 0.4) is 0 Å². The van der Waals surface area contributed by atoms with Gasteiger partial charge >= 0.3 is 0 Å². The van der Waals surface area contributed by atoms with E-state index in [0.29, 0.717) is 19.4 Å². The van der Waals surface area contributed by atoms with Crippen LogP contribution < -0.4 is 11.1 Å². The number of hydrogen-bond donors (Lipinski definition) is 2. The lowest BCUT2D eigenvalue weighted by Gasteiger charge is -2.06. The van der Waals surface area contributed by atoms with E-state index in [1.165, 1.54) is 9.75 Å². The standard InChI is InChI=1S/C16H20N2OS.ClH/c1-2-13-8-9-14(20-13)11-18-16(19)10-7-12-5-3-4-6-15(12)17;/h3-6,8-9H,2,7,10-11,17H2,1H3,(H,18,19);1H. The van der Waals surface area contributed by atoms with Crippen molar-refractivity contribution in [2.24, 2.45) is 0 Å². The van der Waals surface area contributed by atoms with Crippen molar-refractivity contribution in [3.8, 4) is 0 Å². The van der Waals surface area contributed by atoms with E-state index < -0.39 is 0 Å². The van der Waals surface area contributed by atoms with E-state index in [-0.39, 0.29) is 18.3 Å². The van der Waals surface area contributed by atoms with Gasteiger partial charge in [0.15, 0.2) is 0 Å². The summed E-state index contributed by atoms with van der Waals surface area (Å²) in [4.78, 5) is 14.4. The number of rotatable bonds is 6. The minimum atomic E-state index is 0. The Morgan fingerprint density at radius 1 is 1.19 bits per heavy atom. The number of carbonyl (C=O) groups excluding carboxylic acids is 1. The van der Waals surface area contributed by atoms with Gasteiger partial charge in [-0.2, -0.15) is 0 Å². The normalized spacial score (nSPS) is 9.95. The summed E-state index contributed by atoms with van der Waals surface area (Å²) >= 11 is 1.76. The molecule has 2 aromatic rings. The van der Waals surface area contributed by atoms with E-state index in [4.69, 9.17) is 5.73 Å². The van der Waals surface area contributed by atoms with Gasteiger partial charge in [0.05, 0.1) is 6.54 Å². The molecule has 0 aliphatic carbocycles. The molecule has 1 amide bonds. The van der Waals surface area contributed by atoms with Gasteiger partial charge in [0.2, 0.25) is 5.91 Å². The van der Waals surface area contributed by atoms with E-state index in [0.717, 1.165) is 17.7 Å². The SMILES string of the molecule is CCc1ccc(CNC(=O)CCc2ccccc2N)s1.Cl. The van der Waals surface area contributed by atoms with Crippen LogP contribution in [0.15, 0.2) is 36.4 Å². The maximum absolute atomic E-state index is 11.8. The number of nitrogens with two attached hydrogens (primary N) is 1. The number of carbonyl (C=O) groups is 1. The number of nitrogens with one attached hydrogen (secondary N) is 1. The van der Waals surface area contributed by atoms with Crippen molar-refractivity contribution in [1.82, 2.24) is 5.32 Å². The van der Waals surface area contributed by atoms with E-state index in [1.54, 1.807) is 11.3 Å². The van der Waals surface area contributed by atoms with Gasteiger partial charge in [0.25, 0.3) is 0 Å². The Hall–Kier alpha value is -1.52. The third-order valence-corrected chi connectivity index (χ3v) is 4.43. The highest BCUT2D eigenvalue weighted by molar-refractivity contribution is 7.11. The number of hydrogen-bond acceptors (Lipinski definition) is 3. The summed E-state index contributed by atoms with van der Waals surface area (Å²) < 4.78 is 0. The van der Waals surface area contributed by atoms with Crippen LogP contribution in [0.4, 0.5) is 5.69 Å². The third kappa shape index (κ3) is 5.40. The smallest absolute Gasteiger partial charge is 0.220 e. The molecule has 1 heterocycles. The fourth-order valence-corrected chi connectivity index (χ4v) is 2.89. The van der Waals surface area contributed by atoms with Crippen LogP contribution in [-0.2, 0) is 24.2 Å². The fraction of sp³-hybridized carbons (Fsp3) is 0.312. The molecule has 0 atom stereocenters. The maximum Gasteiger partial charge on any atom is 0.220 e. The number of thiophene rings is 1. The van der Waals surface area contributed by atoms with Crippen LogP contribution >= 0.6 is 23.7 Å².